The van der Waals surface area contributed by atoms with Crippen molar-refractivity contribution in [2.45, 2.75) is 50.7 Å². The van der Waals surface area contributed by atoms with Crippen molar-refractivity contribution in [2.24, 2.45) is 5.92 Å². The molecule has 0 amide bonds. The molecule has 1 aliphatic carbocycles. The van der Waals surface area contributed by atoms with E-state index in [-0.39, 0.29) is 11.5 Å². The van der Waals surface area contributed by atoms with Gasteiger partial charge in [-0.25, -0.2) is 4.39 Å². The summed E-state index contributed by atoms with van der Waals surface area (Å²) >= 11 is 0. The zero-order valence-electron chi connectivity index (χ0n) is 12.1. The number of hydrogen-bond acceptors (Lipinski definition) is 1. The summed E-state index contributed by atoms with van der Waals surface area (Å²) in [6, 6.07) is 2.32. The molecular weight excluding hydrogens is 282 g/mol. The Bertz CT molecular complexity index is 462. The molecule has 1 N–H and O–H groups in total. The number of hydrogen-bond donors (Lipinski definition) is 1. The number of halogens is 4. The minimum Gasteiger partial charge on any atom is -0.313 e. The van der Waals surface area contributed by atoms with Crippen LogP contribution in [-0.2, 0) is 6.18 Å². The van der Waals surface area contributed by atoms with Gasteiger partial charge in [0.05, 0.1) is 5.56 Å². The van der Waals surface area contributed by atoms with Crippen LogP contribution in [0.1, 0.15) is 55.7 Å². The van der Waals surface area contributed by atoms with Gasteiger partial charge >= 0.3 is 6.18 Å². The number of nitrogens with one attached hydrogen (secondary N) is 1. The van der Waals surface area contributed by atoms with Gasteiger partial charge in [-0.1, -0.05) is 25.7 Å². The van der Waals surface area contributed by atoms with E-state index < -0.39 is 23.6 Å². The summed E-state index contributed by atoms with van der Waals surface area (Å²) in [7, 11) is 1.65. The summed E-state index contributed by atoms with van der Waals surface area (Å²) in [6.07, 6.45) is 1.63. The molecule has 1 atom stereocenters. The fourth-order valence-corrected chi connectivity index (χ4v) is 3.34. The van der Waals surface area contributed by atoms with Gasteiger partial charge < -0.3 is 5.32 Å². The van der Waals surface area contributed by atoms with Gasteiger partial charge in [-0.15, -0.1) is 0 Å². The van der Waals surface area contributed by atoms with E-state index in [2.05, 4.69) is 5.32 Å². The molecule has 1 fully saturated rings. The fourth-order valence-electron chi connectivity index (χ4n) is 3.34. The lowest BCUT2D eigenvalue weighted by Crippen LogP contribution is -2.28. The average Bonchev–Trinajstić information content (AvgIpc) is 2.67. The second-order valence-corrected chi connectivity index (χ2v) is 5.75. The summed E-state index contributed by atoms with van der Waals surface area (Å²) in [5.41, 5.74) is -0.690. The highest BCUT2D eigenvalue weighted by molar-refractivity contribution is 5.33. The Kier molecular flexibility index (Phi) is 5.25. The summed E-state index contributed by atoms with van der Waals surface area (Å²) in [5.74, 6) is -0.493. The van der Waals surface area contributed by atoms with Crippen LogP contribution in [-0.4, -0.2) is 7.05 Å². The molecule has 1 nitrogen and oxygen atoms in total. The Morgan fingerprint density at radius 1 is 1.10 bits per heavy atom. The van der Waals surface area contributed by atoms with E-state index in [1.807, 2.05) is 0 Å². The minimum absolute atomic E-state index is 0.0388. The molecule has 5 heteroatoms. The highest BCUT2D eigenvalue weighted by Gasteiger charge is 2.37. The Balaban J connectivity index is 2.38. The highest BCUT2D eigenvalue weighted by atomic mass is 19.4. The number of benzene rings is 1. The van der Waals surface area contributed by atoms with Gasteiger partial charge in [0, 0.05) is 6.04 Å². The van der Waals surface area contributed by atoms with E-state index in [0.29, 0.717) is 0 Å². The van der Waals surface area contributed by atoms with Crippen LogP contribution in [0.5, 0.6) is 0 Å². The predicted molar refractivity (Wildman–Crippen MR) is 74.4 cm³/mol. The van der Waals surface area contributed by atoms with E-state index in [0.717, 1.165) is 56.7 Å². The zero-order chi connectivity index (χ0) is 15.5. The summed E-state index contributed by atoms with van der Waals surface area (Å²) in [4.78, 5) is 0. The smallest absolute Gasteiger partial charge is 0.313 e. The minimum atomic E-state index is -4.46. The van der Waals surface area contributed by atoms with Gasteiger partial charge in [-0.2, -0.15) is 13.2 Å². The normalized spacial score (nSPS) is 19.3. The molecular formula is C16H21F4N. The molecule has 1 aliphatic rings. The van der Waals surface area contributed by atoms with Crippen LogP contribution < -0.4 is 5.32 Å². The van der Waals surface area contributed by atoms with Crippen LogP contribution in [0, 0.1) is 11.7 Å². The fraction of sp³-hybridized carbons (Fsp3) is 0.625. The molecule has 118 valence electrons. The number of alkyl halides is 3. The van der Waals surface area contributed by atoms with E-state index in [9.17, 15) is 17.6 Å². The lowest BCUT2D eigenvalue weighted by Gasteiger charge is -2.28. The third-order valence-corrected chi connectivity index (χ3v) is 4.34. The first-order valence-electron chi connectivity index (χ1n) is 7.47. The molecule has 1 aromatic rings. The molecule has 0 bridgehead atoms. The Morgan fingerprint density at radius 3 is 2.24 bits per heavy atom. The van der Waals surface area contributed by atoms with Crippen LogP contribution in [0.2, 0.25) is 0 Å². The monoisotopic (exact) mass is 303 g/mol. The van der Waals surface area contributed by atoms with Gasteiger partial charge in [0.1, 0.15) is 5.82 Å². The van der Waals surface area contributed by atoms with Gasteiger partial charge in [0.15, 0.2) is 0 Å². The molecule has 21 heavy (non-hydrogen) atoms. The average molecular weight is 303 g/mol. The van der Waals surface area contributed by atoms with E-state index >= 15 is 0 Å². The van der Waals surface area contributed by atoms with Crippen molar-refractivity contribution >= 4 is 0 Å². The zero-order valence-corrected chi connectivity index (χ0v) is 12.1. The molecule has 1 aromatic carbocycles. The molecule has 2 rings (SSSR count). The SMILES string of the molecule is CNC(c1cc(F)ccc1C(F)(F)F)C1CCCCCC1. The third-order valence-electron chi connectivity index (χ3n) is 4.34. The van der Waals surface area contributed by atoms with Crippen molar-refractivity contribution in [2.75, 3.05) is 7.05 Å². The van der Waals surface area contributed by atoms with Crippen molar-refractivity contribution in [3.8, 4) is 0 Å². The maximum Gasteiger partial charge on any atom is 0.416 e. The third kappa shape index (κ3) is 3.96. The van der Waals surface area contributed by atoms with Crippen LogP contribution >= 0.6 is 0 Å². The van der Waals surface area contributed by atoms with E-state index in [1.54, 1.807) is 7.05 Å². The van der Waals surface area contributed by atoms with Crippen LogP contribution in [0.3, 0.4) is 0 Å². The molecule has 0 saturated heterocycles. The Hall–Kier alpha value is -1.10. The van der Waals surface area contributed by atoms with Crippen molar-refractivity contribution < 1.29 is 17.6 Å². The molecule has 0 radical (unpaired) electrons. The highest BCUT2D eigenvalue weighted by Crippen LogP contribution is 2.40. The topological polar surface area (TPSA) is 12.0 Å². The molecule has 0 spiro atoms. The standard InChI is InChI=1S/C16H21F4N/c1-21-15(11-6-4-2-3-5-7-11)13-10-12(17)8-9-14(13)16(18,19)20/h8-11,15,21H,2-7H2,1H3. The maximum absolute atomic E-state index is 13.5. The molecule has 1 unspecified atom stereocenters. The van der Waals surface area contributed by atoms with Crippen LogP contribution in [0.25, 0.3) is 0 Å². The summed E-state index contributed by atoms with van der Waals surface area (Å²) < 4.78 is 53.0. The quantitative estimate of drug-likeness (QED) is 0.607. The molecule has 0 aliphatic heterocycles. The lowest BCUT2D eigenvalue weighted by atomic mass is 9.85. The van der Waals surface area contributed by atoms with Gasteiger partial charge in [-0.3, -0.25) is 0 Å². The largest absolute Gasteiger partial charge is 0.416 e. The van der Waals surface area contributed by atoms with Gasteiger partial charge in [0.25, 0.3) is 0 Å². The molecule has 0 aromatic heterocycles. The van der Waals surface area contributed by atoms with E-state index in [1.165, 1.54) is 0 Å². The van der Waals surface area contributed by atoms with Crippen molar-refractivity contribution in [3.63, 3.8) is 0 Å². The number of rotatable bonds is 3. The molecule has 1 saturated carbocycles. The summed E-state index contributed by atoms with van der Waals surface area (Å²) in [5, 5.41) is 2.99. The predicted octanol–water partition coefficient (Wildman–Crippen LogP) is 5.08. The lowest BCUT2D eigenvalue weighted by molar-refractivity contribution is -0.138. The first kappa shape index (κ1) is 16.3. The Labute approximate surface area is 122 Å². The van der Waals surface area contributed by atoms with Crippen LogP contribution in [0.15, 0.2) is 18.2 Å². The van der Waals surface area contributed by atoms with Gasteiger partial charge in [-0.05, 0) is 49.6 Å². The first-order chi connectivity index (χ1) is 9.93. The van der Waals surface area contributed by atoms with Crippen molar-refractivity contribution in [1.82, 2.24) is 5.32 Å². The van der Waals surface area contributed by atoms with Gasteiger partial charge in [0.2, 0.25) is 0 Å². The van der Waals surface area contributed by atoms with E-state index in [4.69, 9.17) is 0 Å². The van der Waals surface area contributed by atoms with Crippen LogP contribution in [0.4, 0.5) is 17.6 Å². The van der Waals surface area contributed by atoms with Crippen molar-refractivity contribution in [3.05, 3.63) is 35.1 Å². The van der Waals surface area contributed by atoms with Crippen molar-refractivity contribution in [1.29, 1.82) is 0 Å². The maximum atomic E-state index is 13.5. The summed E-state index contributed by atoms with van der Waals surface area (Å²) in [6.45, 7) is 0. The second kappa shape index (κ2) is 6.77. The second-order valence-electron chi connectivity index (χ2n) is 5.75. The molecule has 0 heterocycles. The first-order valence-corrected chi connectivity index (χ1v) is 7.47. The Morgan fingerprint density at radius 2 is 1.71 bits per heavy atom.